The molecule has 0 amide bonds. The van der Waals surface area contributed by atoms with E-state index in [1.807, 2.05) is 13.8 Å². The van der Waals surface area contributed by atoms with Crippen molar-refractivity contribution < 1.29 is 13.5 Å². The molecule has 15 heavy (non-hydrogen) atoms. The Balaban J connectivity index is 2.38. The Kier molecular flexibility index (Phi) is 4.14. The highest BCUT2D eigenvalue weighted by atomic mass is 32.2. The summed E-state index contributed by atoms with van der Waals surface area (Å²) in [6.45, 7) is 4.85. The highest BCUT2D eigenvalue weighted by Crippen LogP contribution is 2.20. The van der Waals surface area contributed by atoms with Crippen molar-refractivity contribution in [3.8, 4) is 0 Å². The lowest BCUT2D eigenvalue weighted by atomic mass is 9.88. The Morgan fingerprint density at radius 3 is 2.60 bits per heavy atom. The minimum absolute atomic E-state index is 0.0763. The summed E-state index contributed by atoms with van der Waals surface area (Å²) in [5.41, 5.74) is -0.133. The first-order valence-corrected chi connectivity index (χ1v) is 7.27. The second-order valence-electron chi connectivity index (χ2n) is 4.80. The van der Waals surface area contributed by atoms with E-state index in [-0.39, 0.29) is 23.8 Å². The summed E-state index contributed by atoms with van der Waals surface area (Å²) in [4.78, 5) is 0. The van der Waals surface area contributed by atoms with Gasteiger partial charge in [0.2, 0.25) is 0 Å². The van der Waals surface area contributed by atoms with Crippen LogP contribution in [-0.4, -0.2) is 44.2 Å². The molecule has 0 radical (unpaired) electrons. The average Bonchev–Trinajstić information content (AvgIpc) is 2.55. The van der Waals surface area contributed by atoms with Crippen LogP contribution in [0.3, 0.4) is 0 Å². The molecular formula is C10H21NO3S. The van der Waals surface area contributed by atoms with Crippen LogP contribution in [0.1, 0.15) is 26.7 Å². The zero-order chi connectivity index (χ0) is 11.5. The molecule has 0 spiro atoms. The maximum absolute atomic E-state index is 11.2. The number of aliphatic hydroxyl groups excluding tert-OH is 1. The predicted molar refractivity (Wildman–Crippen MR) is 60.5 cm³/mol. The van der Waals surface area contributed by atoms with Gasteiger partial charge in [-0.05, 0) is 12.8 Å². The third-order valence-electron chi connectivity index (χ3n) is 3.29. The average molecular weight is 235 g/mol. The molecule has 5 heteroatoms. The zero-order valence-electron chi connectivity index (χ0n) is 9.49. The molecule has 4 nitrogen and oxygen atoms in total. The first-order valence-electron chi connectivity index (χ1n) is 5.45. The minimum Gasteiger partial charge on any atom is -0.396 e. The number of sulfone groups is 1. The van der Waals surface area contributed by atoms with Gasteiger partial charge >= 0.3 is 0 Å². The van der Waals surface area contributed by atoms with Gasteiger partial charge in [0.15, 0.2) is 9.84 Å². The lowest BCUT2D eigenvalue weighted by molar-refractivity contribution is 0.132. The Morgan fingerprint density at radius 2 is 2.20 bits per heavy atom. The van der Waals surface area contributed by atoms with Crippen LogP contribution in [0.15, 0.2) is 0 Å². The van der Waals surface area contributed by atoms with Crippen molar-refractivity contribution in [3.63, 3.8) is 0 Å². The first kappa shape index (κ1) is 12.9. The summed E-state index contributed by atoms with van der Waals surface area (Å²) < 4.78 is 22.4. The lowest BCUT2D eigenvalue weighted by Crippen LogP contribution is -2.40. The zero-order valence-corrected chi connectivity index (χ0v) is 10.3. The molecule has 1 rings (SSSR count). The molecule has 1 heterocycles. The second kappa shape index (κ2) is 4.80. The fraction of sp³-hybridized carbons (Fsp3) is 1.00. The lowest BCUT2D eigenvalue weighted by Gasteiger charge is -2.27. The number of nitrogens with one attached hydrogen (secondary N) is 1. The van der Waals surface area contributed by atoms with E-state index in [9.17, 15) is 13.5 Å². The van der Waals surface area contributed by atoms with E-state index in [0.29, 0.717) is 18.7 Å². The summed E-state index contributed by atoms with van der Waals surface area (Å²) in [6, 6.07) is 0.0763. The van der Waals surface area contributed by atoms with E-state index in [1.165, 1.54) is 0 Å². The van der Waals surface area contributed by atoms with Gasteiger partial charge < -0.3 is 10.4 Å². The summed E-state index contributed by atoms with van der Waals surface area (Å²) in [5.74, 6) is 0.546. The van der Waals surface area contributed by atoms with Gasteiger partial charge in [-0.15, -0.1) is 0 Å². The second-order valence-corrected chi connectivity index (χ2v) is 7.03. The number of hydrogen-bond acceptors (Lipinski definition) is 4. The summed E-state index contributed by atoms with van der Waals surface area (Å²) in [6.07, 6.45) is 1.59. The maximum Gasteiger partial charge on any atom is 0.151 e. The maximum atomic E-state index is 11.2. The molecule has 2 atom stereocenters. The Hall–Kier alpha value is -0.130. The third kappa shape index (κ3) is 3.74. The van der Waals surface area contributed by atoms with Crippen LogP contribution in [0, 0.1) is 5.41 Å². The number of rotatable bonds is 5. The normalized spacial score (nSPS) is 28.9. The smallest absolute Gasteiger partial charge is 0.151 e. The minimum atomic E-state index is -2.80. The van der Waals surface area contributed by atoms with Gasteiger partial charge in [-0.1, -0.05) is 13.8 Å². The standard InChI is InChI=1S/C10H21NO3S/c1-3-10(2,8-12)7-11-9-4-5-15(13,14)6-9/h9,11-12H,3-8H2,1-2H3. The topological polar surface area (TPSA) is 66.4 Å². The summed E-state index contributed by atoms with van der Waals surface area (Å²) in [5, 5.41) is 12.4. The van der Waals surface area contributed by atoms with Gasteiger partial charge in [-0.2, -0.15) is 0 Å². The van der Waals surface area contributed by atoms with E-state index >= 15 is 0 Å². The van der Waals surface area contributed by atoms with Gasteiger partial charge in [0, 0.05) is 24.6 Å². The van der Waals surface area contributed by atoms with Gasteiger partial charge in [-0.3, -0.25) is 0 Å². The van der Waals surface area contributed by atoms with E-state index in [1.54, 1.807) is 0 Å². The van der Waals surface area contributed by atoms with Crippen molar-refractivity contribution in [3.05, 3.63) is 0 Å². The van der Waals surface area contributed by atoms with Crippen LogP contribution >= 0.6 is 0 Å². The molecule has 0 saturated carbocycles. The monoisotopic (exact) mass is 235 g/mol. The molecule has 0 aromatic heterocycles. The number of hydrogen-bond donors (Lipinski definition) is 2. The van der Waals surface area contributed by atoms with Crippen molar-refractivity contribution in [2.45, 2.75) is 32.7 Å². The van der Waals surface area contributed by atoms with Gasteiger partial charge in [-0.25, -0.2) is 8.42 Å². The molecule has 2 N–H and O–H groups in total. The summed E-state index contributed by atoms with van der Waals surface area (Å²) in [7, 11) is -2.80. The van der Waals surface area contributed by atoms with E-state index in [0.717, 1.165) is 6.42 Å². The van der Waals surface area contributed by atoms with Gasteiger partial charge in [0.25, 0.3) is 0 Å². The Labute approximate surface area is 92.0 Å². The van der Waals surface area contributed by atoms with Crippen molar-refractivity contribution >= 4 is 9.84 Å². The van der Waals surface area contributed by atoms with Crippen molar-refractivity contribution in [2.75, 3.05) is 24.7 Å². The van der Waals surface area contributed by atoms with Crippen LogP contribution < -0.4 is 5.32 Å². The molecule has 0 aromatic carbocycles. The molecular weight excluding hydrogens is 214 g/mol. The van der Waals surface area contributed by atoms with Gasteiger partial charge in [0.05, 0.1) is 11.5 Å². The first-order chi connectivity index (χ1) is 6.91. The molecule has 0 bridgehead atoms. The third-order valence-corrected chi connectivity index (χ3v) is 5.05. The molecule has 1 aliphatic heterocycles. The molecule has 2 unspecified atom stereocenters. The van der Waals surface area contributed by atoms with Crippen LogP contribution in [-0.2, 0) is 9.84 Å². The quantitative estimate of drug-likeness (QED) is 0.713. The van der Waals surface area contributed by atoms with E-state index in [2.05, 4.69) is 5.32 Å². The molecule has 90 valence electrons. The van der Waals surface area contributed by atoms with Gasteiger partial charge in [0.1, 0.15) is 0 Å². The fourth-order valence-electron chi connectivity index (χ4n) is 1.64. The molecule has 0 aromatic rings. The van der Waals surface area contributed by atoms with Crippen molar-refractivity contribution in [1.82, 2.24) is 5.32 Å². The van der Waals surface area contributed by atoms with E-state index in [4.69, 9.17) is 0 Å². The largest absolute Gasteiger partial charge is 0.396 e. The van der Waals surface area contributed by atoms with Crippen LogP contribution in [0.25, 0.3) is 0 Å². The molecule has 0 aliphatic carbocycles. The van der Waals surface area contributed by atoms with E-state index < -0.39 is 9.84 Å². The fourth-order valence-corrected chi connectivity index (χ4v) is 3.35. The van der Waals surface area contributed by atoms with Crippen LogP contribution in [0.4, 0.5) is 0 Å². The van der Waals surface area contributed by atoms with Crippen LogP contribution in [0.5, 0.6) is 0 Å². The predicted octanol–water partition coefficient (Wildman–Crippen LogP) is 0.172. The van der Waals surface area contributed by atoms with Crippen LogP contribution in [0.2, 0.25) is 0 Å². The summed E-state index contributed by atoms with van der Waals surface area (Å²) >= 11 is 0. The highest BCUT2D eigenvalue weighted by molar-refractivity contribution is 7.91. The Morgan fingerprint density at radius 1 is 1.53 bits per heavy atom. The Bertz CT molecular complexity index is 296. The molecule has 1 fully saturated rings. The molecule has 1 aliphatic rings. The molecule has 1 saturated heterocycles. The SMILES string of the molecule is CCC(C)(CO)CNC1CCS(=O)(=O)C1. The number of aliphatic hydroxyl groups is 1. The highest BCUT2D eigenvalue weighted by Gasteiger charge is 2.29. The van der Waals surface area contributed by atoms with Crippen molar-refractivity contribution in [2.24, 2.45) is 5.41 Å². The van der Waals surface area contributed by atoms with Crippen molar-refractivity contribution in [1.29, 1.82) is 0 Å².